The summed E-state index contributed by atoms with van der Waals surface area (Å²) in [6.07, 6.45) is 1.50. The number of benzene rings is 2. The highest BCUT2D eigenvalue weighted by molar-refractivity contribution is 6.08. The number of carbonyl (C=O) groups is 4. The zero-order chi connectivity index (χ0) is 20.8. The van der Waals surface area contributed by atoms with E-state index in [1.807, 2.05) is 18.2 Å². The highest BCUT2D eigenvalue weighted by atomic mass is 35.5. The molecule has 2 aromatic carbocycles. The summed E-state index contributed by atoms with van der Waals surface area (Å²) in [7, 11) is 0. The van der Waals surface area contributed by atoms with Crippen molar-refractivity contribution in [3.63, 3.8) is 0 Å². The summed E-state index contributed by atoms with van der Waals surface area (Å²) in [5.41, 5.74) is 4.60. The third-order valence-corrected chi connectivity index (χ3v) is 5.86. The number of imide groups is 1. The molecule has 1 fully saturated rings. The molecule has 0 aromatic heterocycles. The minimum atomic E-state index is -0.668. The second-order valence-corrected chi connectivity index (χ2v) is 7.77. The monoisotopic (exact) mass is 440 g/mol. The largest absolute Gasteiger partial charge is 0.384 e. The first-order chi connectivity index (χ1) is 14.5. The molecule has 1 saturated heterocycles. The molecule has 8 nitrogen and oxygen atoms in total. The van der Waals surface area contributed by atoms with Crippen molar-refractivity contribution in [1.29, 1.82) is 0 Å². The van der Waals surface area contributed by atoms with E-state index >= 15 is 0 Å². The van der Waals surface area contributed by atoms with Gasteiger partial charge in [0.25, 0.3) is 11.8 Å². The number of amides is 4. The standard InChI is InChI=1S/C22H20N4O4.ClH/c27-19-6-5-18(21(29)25-19)26-11-14-9-13(2-4-16(14)22(26)30)20(28)24-15-3-1-12-7-8-23-17(12)10-15;/h1-4,9-10,18,23H,5-8,11H2,(H,24,28)(H,25,27,29);1H. The van der Waals surface area contributed by atoms with Gasteiger partial charge in [0, 0.05) is 42.0 Å². The Kier molecular flexibility index (Phi) is 5.41. The third-order valence-electron chi connectivity index (χ3n) is 5.86. The molecule has 5 rings (SSSR count). The van der Waals surface area contributed by atoms with Crippen molar-refractivity contribution < 1.29 is 19.2 Å². The zero-order valence-electron chi connectivity index (χ0n) is 16.6. The van der Waals surface area contributed by atoms with Gasteiger partial charge in [-0.3, -0.25) is 24.5 Å². The molecule has 0 radical (unpaired) electrons. The van der Waals surface area contributed by atoms with Gasteiger partial charge in [0.05, 0.1) is 0 Å². The lowest BCUT2D eigenvalue weighted by Crippen LogP contribution is -2.52. The van der Waals surface area contributed by atoms with Crippen molar-refractivity contribution in [2.24, 2.45) is 0 Å². The Labute approximate surface area is 184 Å². The van der Waals surface area contributed by atoms with Crippen molar-refractivity contribution in [2.75, 3.05) is 17.2 Å². The van der Waals surface area contributed by atoms with Gasteiger partial charge in [0.15, 0.2) is 0 Å². The quantitative estimate of drug-likeness (QED) is 0.633. The molecule has 1 unspecified atom stereocenters. The van der Waals surface area contributed by atoms with E-state index in [0.717, 1.165) is 18.7 Å². The second-order valence-electron chi connectivity index (χ2n) is 7.77. The van der Waals surface area contributed by atoms with E-state index in [2.05, 4.69) is 16.0 Å². The summed E-state index contributed by atoms with van der Waals surface area (Å²) < 4.78 is 0. The van der Waals surface area contributed by atoms with Crippen LogP contribution in [-0.2, 0) is 22.6 Å². The van der Waals surface area contributed by atoms with Crippen LogP contribution in [0.15, 0.2) is 36.4 Å². The fourth-order valence-electron chi connectivity index (χ4n) is 4.29. The summed E-state index contributed by atoms with van der Waals surface area (Å²) in [5, 5.41) is 8.47. The van der Waals surface area contributed by atoms with E-state index in [1.165, 1.54) is 10.5 Å². The number of hydrogen-bond acceptors (Lipinski definition) is 5. The number of rotatable bonds is 3. The SMILES string of the molecule is Cl.O=C1CCC(N2Cc3cc(C(=O)Nc4ccc5c(c4)NCC5)ccc3C2=O)C(=O)N1. The maximum atomic E-state index is 12.8. The molecule has 160 valence electrons. The summed E-state index contributed by atoms with van der Waals surface area (Å²) in [6, 6.07) is 10.1. The lowest BCUT2D eigenvalue weighted by atomic mass is 10.0. The molecule has 0 spiro atoms. The number of halogens is 1. The van der Waals surface area contributed by atoms with Gasteiger partial charge >= 0.3 is 0 Å². The zero-order valence-corrected chi connectivity index (χ0v) is 17.4. The lowest BCUT2D eigenvalue weighted by Gasteiger charge is -2.29. The molecule has 3 aliphatic heterocycles. The van der Waals surface area contributed by atoms with Gasteiger partial charge in [-0.15, -0.1) is 12.4 Å². The average Bonchev–Trinajstić information content (AvgIpc) is 3.32. The molecule has 2 aromatic rings. The van der Waals surface area contributed by atoms with E-state index in [0.29, 0.717) is 28.8 Å². The maximum Gasteiger partial charge on any atom is 0.255 e. The minimum absolute atomic E-state index is 0. The molecular weight excluding hydrogens is 420 g/mol. The third kappa shape index (κ3) is 3.74. The molecule has 0 saturated carbocycles. The van der Waals surface area contributed by atoms with Crippen molar-refractivity contribution >= 4 is 47.4 Å². The van der Waals surface area contributed by atoms with Crippen molar-refractivity contribution in [3.8, 4) is 0 Å². The first-order valence-corrected chi connectivity index (χ1v) is 9.95. The van der Waals surface area contributed by atoms with Crippen LogP contribution in [0, 0.1) is 0 Å². The van der Waals surface area contributed by atoms with Crippen LogP contribution in [0.4, 0.5) is 11.4 Å². The van der Waals surface area contributed by atoms with Gasteiger partial charge in [-0.2, -0.15) is 0 Å². The first-order valence-electron chi connectivity index (χ1n) is 9.95. The molecule has 4 amide bonds. The molecule has 9 heteroatoms. The fourth-order valence-corrected chi connectivity index (χ4v) is 4.29. The van der Waals surface area contributed by atoms with Crippen LogP contribution in [0.5, 0.6) is 0 Å². The van der Waals surface area contributed by atoms with Crippen LogP contribution in [0.1, 0.15) is 44.7 Å². The highest BCUT2D eigenvalue weighted by Gasteiger charge is 2.39. The predicted molar refractivity (Wildman–Crippen MR) is 116 cm³/mol. The summed E-state index contributed by atoms with van der Waals surface area (Å²) in [4.78, 5) is 50.5. The Morgan fingerprint density at radius 1 is 1.03 bits per heavy atom. The number of piperidine rings is 1. The average molecular weight is 441 g/mol. The molecule has 3 N–H and O–H groups in total. The smallest absolute Gasteiger partial charge is 0.255 e. The maximum absolute atomic E-state index is 12.8. The first kappa shape index (κ1) is 20.9. The molecule has 0 bridgehead atoms. The molecule has 3 aliphatic rings. The van der Waals surface area contributed by atoms with Gasteiger partial charge in [-0.25, -0.2) is 0 Å². The topological polar surface area (TPSA) is 108 Å². The number of anilines is 2. The predicted octanol–water partition coefficient (Wildman–Crippen LogP) is 2.09. The Hall–Kier alpha value is -3.39. The van der Waals surface area contributed by atoms with Gasteiger partial charge in [-0.05, 0) is 54.3 Å². The van der Waals surface area contributed by atoms with Gasteiger partial charge in [-0.1, -0.05) is 6.07 Å². The van der Waals surface area contributed by atoms with Crippen LogP contribution < -0.4 is 16.0 Å². The normalized spacial score (nSPS) is 19.2. The van der Waals surface area contributed by atoms with Crippen molar-refractivity contribution in [1.82, 2.24) is 10.2 Å². The Bertz CT molecular complexity index is 1120. The number of nitrogens with zero attached hydrogens (tertiary/aromatic N) is 1. The number of nitrogens with one attached hydrogen (secondary N) is 3. The van der Waals surface area contributed by atoms with Crippen molar-refractivity contribution in [2.45, 2.75) is 31.8 Å². The van der Waals surface area contributed by atoms with Crippen molar-refractivity contribution in [3.05, 3.63) is 58.7 Å². The van der Waals surface area contributed by atoms with E-state index in [-0.39, 0.29) is 43.1 Å². The molecule has 3 heterocycles. The van der Waals surface area contributed by atoms with Crippen LogP contribution in [0.3, 0.4) is 0 Å². The molecule has 0 aliphatic carbocycles. The molecule has 1 atom stereocenters. The summed E-state index contributed by atoms with van der Waals surface area (Å²) in [5.74, 6) is -1.28. The second kappa shape index (κ2) is 8.03. The van der Waals surface area contributed by atoms with Crippen LogP contribution >= 0.6 is 12.4 Å². The molecular formula is C22H21ClN4O4. The summed E-state index contributed by atoms with van der Waals surface area (Å²) in [6.45, 7) is 1.14. The Balaban J connectivity index is 0.00000231. The fraction of sp³-hybridized carbons (Fsp3) is 0.273. The lowest BCUT2D eigenvalue weighted by molar-refractivity contribution is -0.136. The molecule has 31 heavy (non-hydrogen) atoms. The Morgan fingerprint density at radius 3 is 2.68 bits per heavy atom. The number of carbonyl (C=O) groups excluding carboxylic acids is 4. The van der Waals surface area contributed by atoms with Crippen LogP contribution in [0.2, 0.25) is 0 Å². The van der Waals surface area contributed by atoms with Gasteiger partial charge in [0.1, 0.15) is 6.04 Å². The highest BCUT2D eigenvalue weighted by Crippen LogP contribution is 2.29. The summed E-state index contributed by atoms with van der Waals surface area (Å²) >= 11 is 0. The van der Waals surface area contributed by atoms with Gasteiger partial charge in [0.2, 0.25) is 11.8 Å². The minimum Gasteiger partial charge on any atom is -0.384 e. The van der Waals surface area contributed by atoms with E-state index in [1.54, 1.807) is 18.2 Å². The van der Waals surface area contributed by atoms with E-state index in [4.69, 9.17) is 0 Å². The number of hydrogen-bond donors (Lipinski definition) is 3. The van der Waals surface area contributed by atoms with E-state index in [9.17, 15) is 19.2 Å². The van der Waals surface area contributed by atoms with E-state index < -0.39 is 11.9 Å². The van der Waals surface area contributed by atoms with Crippen LogP contribution in [0.25, 0.3) is 0 Å². The number of fused-ring (bicyclic) bond motifs is 2. The Morgan fingerprint density at radius 2 is 1.87 bits per heavy atom. The van der Waals surface area contributed by atoms with Gasteiger partial charge < -0.3 is 15.5 Å². The van der Waals surface area contributed by atoms with Crippen LogP contribution in [-0.4, -0.2) is 41.1 Å².